The van der Waals surface area contributed by atoms with Crippen molar-refractivity contribution in [2.45, 2.75) is 78.1 Å². The Morgan fingerprint density at radius 3 is 1.61 bits per heavy atom. The van der Waals surface area contributed by atoms with Gasteiger partial charge in [-0.15, -0.1) is 0 Å². The number of amides is 2. The molecular formula is C45H56N2O7. The summed E-state index contributed by atoms with van der Waals surface area (Å²) in [6.07, 6.45) is 8.90. The third-order valence-electron chi connectivity index (χ3n) is 8.95. The number of ether oxygens (including phenoxy) is 4. The number of hydrogen-bond acceptors (Lipinski definition) is 7. The summed E-state index contributed by atoms with van der Waals surface area (Å²) in [6, 6.07) is 34.1. The third kappa shape index (κ3) is 15.8. The molecule has 9 nitrogen and oxygen atoms in total. The van der Waals surface area contributed by atoms with E-state index in [1.54, 1.807) is 24.3 Å². The minimum absolute atomic E-state index is 0.00476. The molecule has 2 N–H and O–H groups in total. The van der Waals surface area contributed by atoms with Gasteiger partial charge < -0.3 is 18.9 Å². The van der Waals surface area contributed by atoms with Gasteiger partial charge in [-0.05, 0) is 73.2 Å². The molecule has 0 aliphatic carbocycles. The van der Waals surface area contributed by atoms with Crippen LogP contribution in [0.2, 0.25) is 0 Å². The largest absolute Gasteiger partial charge is 0.494 e. The SMILES string of the molecule is CCCCCCCC(=O)c1ccc(-c2ccc(OCCCCCCOCC(C)(COC(=O)Nc3ccccc3)COC(=O)Nc3ccccc3)cc2)cc1. The second kappa shape index (κ2) is 23.5. The first-order valence-electron chi connectivity index (χ1n) is 19.3. The molecule has 0 unspecified atom stereocenters. The van der Waals surface area contributed by atoms with Crippen molar-refractivity contribution in [2.24, 2.45) is 5.41 Å². The Kier molecular flexibility index (Phi) is 18.1. The van der Waals surface area contributed by atoms with E-state index in [0.29, 0.717) is 31.0 Å². The molecule has 0 radical (unpaired) electrons. The second-order valence-corrected chi connectivity index (χ2v) is 13.9. The number of anilines is 2. The molecule has 4 aromatic carbocycles. The van der Waals surface area contributed by atoms with Crippen molar-refractivity contribution in [1.82, 2.24) is 0 Å². The normalized spacial score (nSPS) is 11.1. The zero-order valence-electron chi connectivity index (χ0n) is 31.9. The molecule has 4 aromatic rings. The van der Waals surface area contributed by atoms with Crippen molar-refractivity contribution in [1.29, 1.82) is 0 Å². The summed E-state index contributed by atoms with van der Waals surface area (Å²) in [5, 5.41) is 5.41. The van der Waals surface area contributed by atoms with E-state index >= 15 is 0 Å². The van der Waals surface area contributed by atoms with Gasteiger partial charge in [0.1, 0.15) is 19.0 Å². The molecule has 54 heavy (non-hydrogen) atoms. The van der Waals surface area contributed by atoms with Gasteiger partial charge in [-0.3, -0.25) is 15.4 Å². The average molecular weight is 737 g/mol. The third-order valence-corrected chi connectivity index (χ3v) is 8.95. The maximum absolute atomic E-state index is 12.5. The first-order chi connectivity index (χ1) is 26.3. The van der Waals surface area contributed by atoms with Gasteiger partial charge in [0.2, 0.25) is 0 Å². The predicted octanol–water partition coefficient (Wildman–Crippen LogP) is 11.4. The summed E-state index contributed by atoms with van der Waals surface area (Å²) in [5.41, 5.74) is 3.42. The van der Waals surface area contributed by atoms with Crippen LogP contribution in [0, 0.1) is 5.41 Å². The smallest absolute Gasteiger partial charge is 0.411 e. The molecule has 0 heterocycles. The molecule has 0 aliphatic heterocycles. The van der Waals surface area contributed by atoms with Gasteiger partial charge in [-0.1, -0.05) is 119 Å². The summed E-state index contributed by atoms with van der Waals surface area (Å²) in [4.78, 5) is 37.5. The number of carbonyl (C=O) groups excluding carboxylic acids is 3. The Labute approximate surface area is 320 Å². The Morgan fingerprint density at radius 2 is 1.06 bits per heavy atom. The molecule has 9 heteroatoms. The van der Waals surface area contributed by atoms with Gasteiger partial charge in [-0.2, -0.15) is 0 Å². The van der Waals surface area contributed by atoms with Crippen molar-refractivity contribution in [3.05, 3.63) is 115 Å². The van der Waals surface area contributed by atoms with Crippen LogP contribution in [0.15, 0.2) is 109 Å². The van der Waals surface area contributed by atoms with Crippen LogP contribution in [-0.4, -0.2) is 51.0 Å². The highest BCUT2D eigenvalue weighted by atomic mass is 16.6. The van der Waals surface area contributed by atoms with Crippen LogP contribution in [0.1, 0.15) is 88.4 Å². The first kappa shape index (κ1) is 41.6. The van der Waals surface area contributed by atoms with Crippen molar-refractivity contribution < 1.29 is 33.3 Å². The topological polar surface area (TPSA) is 112 Å². The van der Waals surface area contributed by atoms with Crippen LogP contribution in [0.3, 0.4) is 0 Å². The molecule has 0 fully saturated rings. The van der Waals surface area contributed by atoms with E-state index in [1.165, 1.54) is 19.3 Å². The number of para-hydroxylation sites is 2. The van der Waals surface area contributed by atoms with E-state index in [1.807, 2.05) is 91.9 Å². The Balaban J connectivity index is 1.12. The number of hydrogen-bond donors (Lipinski definition) is 2. The number of benzene rings is 4. The van der Waals surface area contributed by atoms with E-state index in [0.717, 1.165) is 61.0 Å². The quantitative estimate of drug-likeness (QED) is 0.0544. The van der Waals surface area contributed by atoms with Crippen molar-refractivity contribution >= 4 is 29.3 Å². The van der Waals surface area contributed by atoms with Crippen LogP contribution >= 0.6 is 0 Å². The summed E-state index contributed by atoms with van der Waals surface area (Å²) < 4.78 is 23.0. The van der Waals surface area contributed by atoms with Gasteiger partial charge in [0, 0.05) is 30.0 Å². The highest BCUT2D eigenvalue weighted by Gasteiger charge is 2.29. The molecule has 0 aliphatic rings. The average Bonchev–Trinajstić information content (AvgIpc) is 3.20. The van der Waals surface area contributed by atoms with Crippen LogP contribution in [0.25, 0.3) is 11.1 Å². The van der Waals surface area contributed by atoms with Crippen molar-refractivity contribution in [3.8, 4) is 16.9 Å². The van der Waals surface area contributed by atoms with E-state index in [4.69, 9.17) is 18.9 Å². The molecule has 2 amide bonds. The summed E-state index contributed by atoms with van der Waals surface area (Å²) in [6.45, 7) is 5.44. The van der Waals surface area contributed by atoms with Crippen LogP contribution in [0.5, 0.6) is 5.75 Å². The minimum Gasteiger partial charge on any atom is -0.494 e. The molecule has 0 aromatic heterocycles. The Hall–Kier alpha value is -5.15. The van der Waals surface area contributed by atoms with E-state index < -0.39 is 17.6 Å². The summed E-state index contributed by atoms with van der Waals surface area (Å²) in [5.74, 6) is 1.05. The standard InChI is InChI=1S/C45H56N2O7/c1-3-4-5-6-15-22-42(48)38-25-23-36(24-26-38)37-27-29-41(30-28-37)52-32-17-8-7-16-31-51-33-45(2,34-53-43(49)46-39-18-11-9-12-19-39)35-54-44(50)47-40-20-13-10-14-21-40/h9-14,18-21,23-30H,3-8,15-17,22,31-35H2,1-2H3,(H,46,49)(H,47,50). The maximum Gasteiger partial charge on any atom is 0.411 e. The van der Waals surface area contributed by atoms with Gasteiger partial charge in [0.05, 0.1) is 18.6 Å². The van der Waals surface area contributed by atoms with Gasteiger partial charge in [0.15, 0.2) is 5.78 Å². The second-order valence-electron chi connectivity index (χ2n) is 13.9. The zero-order valence-corrected chi connectivity index (χ0v) is 31.9. The molecule has 288 valence electrons. The molecule has 0 saturated carbocycles. The summed E-state index contributed by atoms with van der Waals surface area (Å²) in [7, 11) is 0. The highest BCUT2D eigenvalue weighted by molar-refractivity contribution is 5.96. The van der Waals surface area contributed by atoms with E-state index in [-0.39, 0.29) is 25.6 Å². The first-order valence-corrected chi connectivity index (χ1v) is 19.3. The molecule has 0 saturated heterocycles. The Bertz CT molecular complexity index is 1600. The molecule has 0 bridgehead atoms. The number of carbonyl (C=O) groups is 3. The predicted molar refractivity (Wildman–Crippen MR) is 215 cm³/mol. The van der Waals surface area contributed by atoms with E-state index in [9.17, 15) is 14.4 Å². The fraction of sp³-hybridized carbons (Fsp3) is 0.400. The van der Waals surface area contributed by atoms with Crippen molar-refractivity contribution in [2.75, 3.05) is 43.7 Å². The molecule has 0 spiro atoms. The maximum atomic E-state index is 12.5. The highest BCUT2D eigenvalue weighted by Crippen LogP contribution is 2.24. The van der Waals surface area contributed by atoms with Gasteiger partial charge in [0.25, 0.3) is 0 Å². The van der Waals surface area contributed by atoms with Gasteiger partial charge in [-0.25, -0.2) is 9.59 Å². The lowest BCUT2D eigenvalue weighted by Crippen LogP contribution is -2.37. The lowest BCUT2D eigenvalue weighted by atomic mass is 9.94. The van der Waals surface area contributed by atoms with Crippen LogP contribution < -0.4 is 15.4 Å². The number of nitrogens with one attached hydrogen (secondary N) is 2. The number of ketones is 1. The lowest BCUT2D eigenvalue weighted by molar-refractivity contribution is -0.0227. The van der Waals surface area contributed by atoms with Crippen LogP contribution in [-0.2, 0) is 14.2 Å². The lowest BCUT2D eigenvalue weighted by Gasteiger charge is -2.28. The zero-order chi connectivity index (χ0) is 38.3. The molecule has 4 rings (SSSR count). The fourth-order valence-corrected chi connectivity index (χ4v) is 5.75. The summed E-state index contributed by atoms with van der Waals surface area (Å²) >= 11 is 0. The minimum atomic E-state index is -0.763. The number of unbranched alkanes of at least 4 members (excludes halogenated alkanes) is 7. The number of rotatable bonds is 24. The molecule has 0 atom stereocenters. The monoisotopic (exact) mass is 736 g/mol. The van der Waals surface area contributed by atoms with Crippen molar-refractivity contribution in [3.63, 3.8) is 0 Å². The van der Waals surface area contributed by atoms with Gasteiger partial charge >= 0.3 is 12.2 Å². The molecular weight excluding hydrogens is 681 g/mol. The number of Topliss-reactive ketones (excluding diaryl/α,β-unsaturated/α-hetero) is 1. The van der Waals surface area contributed by atoms with E-state index in [2.05, 4.69) is 17.6 Å². The van der Waals surface area contributed by atoms with Crippen LogP contribution in [0.4, 0.5) is 21.0 Å². The Morgan fingerprint density at radius 1 is 0.556 bits per heavy atom. The fourth-order valence-electron chi connectivity index (χ4n) is 5.75.